The van der Waals surface area contributed by atoms with Crippen LogP contribution in [0.25, 0.3) is 0 Å². The van der Waals surface area contributed by atoms with Crippen molar-refractivity contribution >= 4 is 27.5 Å². The molecule has 1 amide bonds. The standard InChI is InChI=1S/C13H11BrFN3O/c1-8-7-16-18-5-4-17(13(19)12(8)18)11-3-2-9(14)6-10(11)15/h2-3,6-7H,4-5H2,1H3. The number of carbonyl (C=O) groups excluding carboxylic acids is 1. The number of fused-ring (bicyclic) bond motifs is 1. The van der Waals surface area contributed by atoms with E-state index in [0.29, 0.717) is 28.9 Å². The molecule has 4 nitrogen and oxygen atoms in total. The molecule has 0 atom stereocenters. The van der Waals surface area contributed by atoms with Gasteiger partial charge in [-0.15, -0.1) is 0 Å². The summed E-state index contributed by atoms with van der Waals surface area (Å²) in [6.45, 7) is 2.83. The average molecular weight is 324 g/mol. The highest BCUT2D eigenvalue weighted by Gasteiger charge is 2.29. The lowest BCUT2D eigenvalue weighted by atomic mass is 10.2. The molecule has 0 radical (unpaired) electrons. The van der Waals surface area contributed by atoms with Crippen molar-refractivity contribution in [2.45, 2.75) is 13.5 Å². The maximum Gasteiger partial charge on any atom is 0.276 e. The van der Waals surface area contributed by atoms with Crippen LogP contribution in [0.2, 0.25) is 0 Å². The zero-order chi connectivity index (χ0) is 13.6. The van der Waals surface area contributed by atoms with E-state index in [2.05, 4.69) is 21.0 Å². The second-order valence-electron chi connectivity index (χ2n) is 4.45. The largest absolute Gasteiger partial charge is 0.302 e. The first-order chi connectivity index (χ1) is 9.08. The van der Waals surface area contributed by atoms with Gasteiger partial charge < -0.3 is 4.90 Å². The van der Waals surface area contributed by atoms with Gasteiger partial charge in [-0.25, -0.2) is 4.39 Å². The number of carbonyl (C=O) groups is 1. The Balaban J connectivity index is 2.04. The highest BCUT2D eigenvalue weighted by Crippen LogP contribution is 2.27. The zero-order valence-electron chi connectivity index (χ0n) is 10.2. The summed E-state index contributed by atoms with van der Waals surface area (Å²) in [6.07, 6.45) is 1.66. The van der Waals surface area contributed by atoms with E-state index in [1.54, 1.807) is 23.0 Å². The van der Waals surface area contributed by atoms with E-state index in [1.807, 2.05) is 6.92 Å². The first-order valence-corrected chi connectivity index (χ1v) is 6.66. The van der Waals surface area contributed by atoms with Gasteiger partial charge in [0, 0.05) is 16.6 Å². The van der Waals surface area contributed by atoms with Crippen molar-refractivity contribution in [3.63, 3.8) is 0 Å². The molecule has 0 bridgehead atoms. The van der Waals surface area contributed by atoms with Crippen LogP contribution in [-0.4, -0.2) is 22.2 Å². The van der Waals surface area contributed by atoms with Crippen LogP contribution in [-0.2, 0) is 6.54 Å². The minimum atomic E-state index is -0.409. The molecule has 19 heavy (non-hydrogen) atoms. The Morgan fingerprint density at radius 3 is 2.89 bits per heavy atom. The molecule has 1 aliphatic heterocycles. The van der Waals surface area contributed by atoms with Gasteiger partial charge in [-0.1, -0.05) is 15.9 Å². The first-order valence-electron chi connectivity index (χ1n) is 5.87. The van der Waals surface area contributed by atoms with Crippen molar-refractivity contribution in [2.24, 2.45) is 0 Å². The van der Waals surface area contributed by atoms with Crippen molar-refractivity contribution < 1.29 is 9.18 Å². The van der Waals surface area contributed by atoms with Crippen molar-refractivity contribution in [3.8, 4) is 0 Å². The molecule has 1 aromatic carbocycles. The second kappa shape index (κ2) is 4.45. The summed E-state index contributed by atoms with van der Waals surface area (Å²) < 4.78 is 16.3. The summed E-state index contributed by atoms with van der Waals surface area (Å²) in [5.74, 6) is -0.615. The van der Waals surface area contributed by atoms with Crippen molar-refractivity contribution in [1.82, 2.24) is 9.78 Å². The Bertz CT molecular complexity index is 668. The van der Waals surface area contributed by atoms with Crippen LogP contribution in [0.1, 0.15) is 16.1 Å². The number of nitrogens with zero attached hydrogens (tertiary/aromatic N) is 3. The van der Waals surface area contributed by atoms with Crippen LogP contribution in [0.3, 0.4) is 0 Å². The summed E-state index contributed by atoms with van der Waals surface area (Å²) in [5, 5.41) is 4.14. The molecule has 2 aromatic rings. The SMILES string of the molecule is Cc1cnn2c1C(=O)N(c1ccc(Br)cc1F)CC2. The van der Waals surface area contributed by atoms with E-state index < -0.39 is 5.82 Å². The van der Waals surface area contributed by atoms with Gasteiger partial charge in [-0.2, -0.15) is 5.10 Å². The number of amides is 1. The van der Waals surface area contributed by atoms with Gasteiger partial charge in [0.05, 0.1) is 18.4 Å². The van der Waals surface area contributed by atoms with Crippen molar-refractivity contribution in [1.29, 1.82) is 0 Å². The lowest BCUT2D eigenvalue weighted by Crippen LogP contribution is -2.41. The number of benzene rings is 1. The first kappa shape index (κ1) is 12.3. The fourth-order valence-corrected chi connectivity index (χ4v) is 2.61. The van der Waals surface area contributed by atoms with E-state index in [4.69, 9.17) is 0 Å². The number of aryl methyl sites for hydroxylation is 1. The van der Waals surface area contributed by atoms with E-state index in [1.165, 1.54) is 11.0 Å². The molecule has 3 rings (SSSR count). The maximum atomic E-state index is 14.0. The lowest BCUT2D eigenvalue weighted by molar-refractivity contribution is 0.0960. The lowest BCUT2D eigenvalue weighted by Gasteiger charge is -2.28. The molecular formula is C13H11BrFN3O. The molecule has 0 spiro atoms. The molecule has 98 valence electrons. The molecule has 1 aliphatic rings. The van der Waals surface area contributed by atoms with E-state index in [9.17, 15) is 9.18 Å². The number of aromatic nitrogens is 2. The van der Waals surface area contributed by atoms with Crippen LogP contribution in [0, 0.1) is 12.7 Å². The van der Waals surface area contributed by atoms with Gasteiger partial charge in [0.2, 0.25) is 0 Å². The van der Waals surface area contributed by atoms with Crippen LogP contribution < -0.4 is 4.90 Å². The van der Waals surface area contributed by atoms with Crippen molar-refractivity contribution in [3.05, 3.63) is 45.9 Å². The predicted octanol–water partition coefficient (Wildman–Crippen LogP) is 2.75. The fraction of sp³-hybridized carbons (Fsp3) is 0.231. The summed E-state index contributed by atoms with van der Waals surface area (Å²) >= 11 is 3.21. The van der Waals surface area contributed by atoms with E-state index in [0.717, 1.165) is 5.56 Å². The maximum absolute atomic E-state index is 14.0. The molecule has 1 aromatic heterocycles. The van der Waals surface area contributed by atoms with Gasteiger partial charge >= 0.3 is 0 Å². The molecule has 0 N–H and O–H groups in total. The Kier molecular flexibility index (Phi) is 2.89. The van der Waals surface area contributed by atoms with Gasteiger partial charge in [-0.05, 0) is 25.1 Å². The Morgan fingerprint density at radius 1 is 1.37 bits per heavy atom. The quantitative estimate of drug-likeness (QED) is 0.809. The Morgan fingerprint density at radius 2 is 2.16 bits per heavy atom. The summed E-state index contributed by atoms with van der Waals surface area (Å²) in [7, 11) is 0. The third kappa shape index (κ3) is 1.96. The molecule has 6 heteroatoms. The Labute approximate surface area is 118 Å². The molecule has 0 saturated heterocycles. The number of halogens is 2. The van der Waals surface area contributed by atoms with E-state index in [-0.39, 0.29) is 5.91 Å². The minimum Gasteiger partial charge on any atom is -0.302 e. The predicted molar refractivity (Wildman–Crippen MR) is 72.7 cm³/mol. The molecule has 2 heterocycles. The number of hydrogen-bond donors (Lipinski definition) is 0. The zero-order valence-corrected chi connectivity index (χ0v) is 11.8. The van der Waals surface area contributed by atoms with Crippen LogP contribution >= 0.6 is 15.9 Å². The van der Waals surface area contributed by atoms with Crippen LogP contribution in [0.5, 0.6) is 0 Å². The molecule has 0 unspecified atom stereocenters. The van der Waals surface area contributed by atoms with Gasteiger partial charge in [0.15, 0.2) is 0 Å². The van der Waals surface area contributed by atoms with Crippen LogP contribution in [0.15, 0.2) is 28.9 Å². The van der Waals surface area contributed by atoms with Crippen LogP contribution in [0.4, 0.5) is 10.1 Å². The van der Waals surface area contributed by atoms with Gasteiger partial charge in [-0.3, -0.25) is 9.48 Å². The average Bonchev–Trinajstić information content (AvgIpc) is 2.73. The second-order valence-corrected chi connectivity index (χ2v) is 5.37. The minimum absolute atomic E-state index is 0.206. The Hall–Kier alpha value is -1.69. The highest BCUT2D eigenvalue weighted by molar-refractivity contribution is 9.10. The summed E-state index contributed by atoms with van der Waals surface area (Å²) in [4.78, 5) is 13.9. The van der Waals surface area contributed by atoms with Crippen molar-refractivity contribution in [2.75, 3.05) is 11.4 Å². The number of hydrogen-bond acceptors (Lipinski definition) is 2. The molecule has 0 saturated carbocycles. The summed E-state index contributed by atoms with van der Waals surface area (Å²) in [6, 6.07) is 4.70. The monoisotopic (exact) mass is 323 g/mol. The molecule has 0 aliphatic carbocycles. The number of rotatable bonds is 1. The molecular weight excluding hydrogens is 313 g/mol. The molecule has 0 fully saturated rings. The smallest absolute Gasteiger partial charge is 0.276 e. The normalized spacial score (nSPS) is 14.7. The summed E-state index contributed by atoms with van der Waals surface area (Å²) in [5.41, 5.74) is 1.65. The number of anilines is 1. The van der Waals surface area contributed by atoms with E-state index >= 15 is 0 Å². The fourth-order valence-electron chi connectivity index (χ4n) is 2.28. The topological polar surface area (TPSA) is 38.1 Å². The van der Waals surface area contributed by atoms with Gasteiger partial charge in [0.1, 0.15) is 11.5 Å². The third-order valence-corrected chi connectivity index (χ3v) is 3.70. The highest BCUT2D eigenvalue weighted by atomic mass is 79.9. The third-order valence-electron chi connectivity index (χ3n) is 3.21. The van der Waals surface area contributed by atoms with Gasteiger partial charge in [0.25, 0.3) is 5.91 Å².